The summed E-state index contributed by atoms with van der Waals surface area (Å²) >= 11 is 2.59. The summed E-state index contributed by atoms with van der Waals surface area (Å²) in [6.45, 7) is 0. The molecular weight excluding hydrogens is 302 g/mol. The van der Waals surface area contributed by atoms with Gasteiger partial charge >= 0.3 is 12.0 Å². The van der Waals surface area contributed by atoms with E-state index in [0.29, 0.717) is 6.07 Å². The van der Waals surface area contributed by atoms with Crippen LogP contribution in [0.25, 0.3) is 0 Å². The Balaban J connectivity index is 3.32. The number of hydrogen-bond acceptors (Lipinski definition) is 3. The molecule has 0 fully saturated rings. The topological polar surface area (TPSA) is 52.4 Å². The first-order valence-electron chi connectivity index (χ1n) is 3.60. The summed E-state index contributed by atoms with van der Waals surface area (Å²) in [4.78, 5) is 9.18. The van der Waals surface area contributed by atoms with Gasteiger partial charge in [0.2, 0.25) is 5.75 Å². The Morgan fingerprint density at radius 1 is 1.38 bits per heavy atom. The Bertz CT molecular complexity index is 434. The minimum absolute atomic E-state index is 0.364. The van der Waals surface area contributed by atoms with Gasteiger partial charge in [0.15, 0.2) is 5.82 Å². The minimum atomic E-state index is -5.20. The molecule has 1 aromatic rings. The van der Waals surface area contributed by atoms with Crippen molar-refractivity contribution in [2.24, 2.45) is 0 Å². The summed E-state index contributed by atoms with van der Waals surface area (Å²) in [7, 11) is 0. The van der Waals surface area contributed by atoms with Crippen LogP contribution in [-0.4, -0.2) is 11.3 Å². The summed E-state index contributed by atoms with van der Waals surface area (Å²) in [5, 5.41) is 10.3. The number of rotatable bonds is 2. The maximum atomic E-state index is 13.2. The second-order valence-electron chi connectivity index (χ2n) is 2.51. The van der Waals surface area contributed by atoms with Crippen LogP contribution >= 0.6 is 15.9 Å². The van der Waals surface area contributed by atoms with E-state index in [9.17, 15) is 27.7 Å². The molecule has 4 nitrogen and oxygen atoms in total. The van der Waals surface area contributed by atoms with Crippen LogP contribution in [0.5, 0.6) is 5.75 Å². The molecular formula is C7H2BrF4NO3. The fraction of sp³-hybridized carbons (Fsp3) is 0.143. The standard InChI is InChI=1S/C7H2BrF4NO3/c8-3-1-2-4(13(14)15)6(5(3)9)16-7(10,11)12/h1-2H. The molecule has 0 amide bonds. The van der Waals surface area contributed by atoms with E-state index in [0.717, 1.165) is 6.07 Å². The second-order valence-corrected chi connectivity index (χ2v) is 3.37. The SMILES string of the molecule is O=[N+]([O-])c1ccc(Br)c(F)c1OC(F)(F)F. The van der Waals surface area contributed by atoms with Crippen LogP contribution in [0, 0.1) is 15.9 Å². The molecule has 0 spiro atoms. The van der Waals surface area contributed by atoms with E-state index < -0.39 is 28.5 Å². The van der Waals surface area contributed by atoms with E-state index in [4.69, 9.17) is 0 Å². The van der Waals surface area contributed by atoms with Crippen molar-refractivity contribution in [3.63, 3.8) is 0 Å². The number of alkyl halides is 3. The predicted molar refractivity (Wildman–Crippen MR) is 47.4 cm³/mol. The van der Waals surface area contributed by atoms with Crippen LogP contribution < -0.4 is 4.74 Å². The van der Waals surface area contributed by atoms with Gasteiger partial charge in [-0.25, -0.2) is 4.39 Å². The zero-order valence-electron chi connectivity index (χ0n) is 7.22. The van der Waals surface area contributed by atoms with Gasteiger partial charge in [0.25, 0.3) is 0 Å². The molecule has 0 radical (unpaired) electrons. The van der Waals surface area contributed by atoms with Crippen molar-refractivity contribution >= 4 is 21.6 Å². The van der Waals surface area contributed by atoms with E-state index in [1.807, 2.05) is 0 Å². The largest absolute Gasteiger partial charge is 0.573 e. The van der Waals surface area contributed by atoms with Crippen molar-refractivity contribution in [2.75, 3.05) is 0 Å². The lowest BCUT2D eigenvalue weighted by Crippen LogP contribution is -2.19. The van der Waals surface area contributed by atoms with Gasteiger partial charge in [0.1, 0.15) is 0 Å². The van der Waals surface area contributed by atoms with Crippen LogP contribution in [-0.2, 0) is 0 Å². The average molecular weight is 304 g/mol. The zero-order chi connectivity index (χ0) is 12.5. The Kier molecular flexibility index (Phi) is 3.36. The lowest BCUT2D eigenvalue weighted by molar-refractivity contribution is -0.389. The first kappa shape index (κ1) is 12.7. The molecule has 0 bridgehead atoms. The molecule has 0 saturated carbocycles. The summed E-state index contributed by atoms with van der Waals surface area (Å²) in [5.41, 5.74) is -1.10. The van der Waals surface area contributed by atoms with E-state index in [1.165, 1.54) is 0 Å². The second kappa shape index (κ2) is 4.24. The van der Waals surface area contributed by atoms with Gasteiger partial charge in [-0.15, -0.1) is 13.2 Å². The van der Waals surface area contributed by atoms with Crippen LogP contribution in [0.15, 0.2) is 16.6 Å². The number of nitro groups is 1. The molecule has 0 aliphatic rings. The van der Waals surface area contributed by atoms with Crippen LogP contribution in [0.2, 0.25) is 0 Å². The highest BCUT2D eigenvalue weighted by Gasteiger charge is 2.36. The molecule has 16 heavy (non-hydrogen) atoms. The van der Waals surface area contributed by atoms with Crippen molar-refractivity contribution < 1.29 is 27.2 Å². The lowest BCUT2D eigenvalue weighted by Gasteiger charge is -2.10. The number of ether oxygens (including phenoxy) is 1. The van der Waals surface area contributed by atoms with Crippen LogP contribution in [0.1, 0.15) is 0 Å². The molecule has 0 aromatic heterocycles. The molecule has 1 rings (SSSR count). The maximum Gasteiger partial charge on any atom is 0.573 e. The number of nitrogens with zero attached hydrogens (tertiary/aromatic N) is 1. The molecule has 0 atom stereocenters. The predicted octanol–water partition coefficient (Wildman–Crippen LogP) is 3.39. The van der Waals surface area contributed by atoms with Crippen molar-refractivity contribution in [2.45, 2.75) is 6.36 Å². The van der Waals surface area contributed by atoms with Crippen molar-refractivity contribution in [1.82, 2.24) is 0 Å². The Hall–Kier alpha value is -1.38. The molecule has 0 N–H and O–H groups in total. The molecule has 0 saturated heterocycles. The van der Waals surface area contributed by atoms with E-state index >= 15 is 0 Å². The molecule has 1 aromatic carbocycles. The van der Waals surface area contributed by atoms with Crippen molar-refractivity contribution in [1.29, 1.82) is 0 Å². The van der Waals surface area contributed by atoms with E-state index in [2.05, 4.69) is 20.7 Å². The first-order chi connectivity index (χ1) is 7.22. The number of halogens is 5. The normalized spacial score (nSPS) is 11.3. The number of benzene rings is 1. The van der Waals surface area contributed by atoms with Gasteiger partial charge in [-0.3, -0.25) is 10.1 Å². The van der Waals surface area contributed by atoms with E-state index in [1.54, 1.807) is 0 Å². The highest BCUT2D eigenvalue weighted by molar-refractivity contribution is 9.10. The van der Waals surface area contributed by atoms with Gasteiger partial charge < -0.3 is 4.74 Å². The fourth-order valence-corrected chi connectivity index (χ4v) is 1.19. The first-order valence-corrected chi connectivity index (χ1v) is 4.40. The lowest BCUT2D eigenvalue weighted by atomic mass is 10.3. The molecule has 0 unspecified atom stereocenters. The Morgan fingerprint density at radius 3 is 2.38 bits per heavy atom. The van der Waals surface area contributed by atoms with Gasteiger partial charge in [0.05, 0.1) is 9.40 Å². The average Bonchev–Trinajstić information content (AvgIpc) is 2.10. The van der Waals surface area contributed by atoms with Crippen molar-refractivity contribution in [3.05, 3.63) is 32.5 Å². The minimum Gasteiger partial charge on any atom is -0.395 e. The highest BCUT2D eigenvalue weighted by atomic mass is 79.9. The van der Waals surface area contributed by atoms with Gasteiger partial charge in [-0.1, -0.05) is 0 Å². The summed E-state index contributed by atoms with van der Waals surface area (Å²) < 4.78 is 51.7. The van der Waals surface area contributed by atoms with Crippen LogP contribution in [0.4, 0.5) is 23.2 Å². The third-order valence-corrected chi connectivity index (χ3v) is 2.06. The third-order valence-electron chi connectivity index (χ3n) is 1.44. The third kappa shape index (κ3) is 2.81. The highest BCUT2D eigenvalue weighted by Crippen LogP contribution is 2.37. The van der Waals surface area contributed by atoms with Gasteiger partial charge in [-0.05, 0) is 22.0 Å². The quantitative estimate of drug-likeness (QED) is 0.478. The van der Waals surface area contributed by atoms with Gasteiger partial charge in [-0.2, -0.15) is 0 Å². The van der Waals surface area contributed by atoms with Crippen molar-refractivity contribution in [3.8, 4) is 5.75 Å². The fourth-order valence-electron chi connectivity index (χ4n) is 0.878. The molecule has 0 aliphatic heterocycles. The maximum absolute atomic E-state index is 13.2. The monoisotopic (exact) mass is 303 g/mol. The summed E-state index contributed by atoms with van der Waals surface area (Å²) in [6.07, 6.45) is -5.20. The molecule has 9 heteroatoms. The molecule has 88 valence electrons. The zero-order valence-corrected chi connectivity index (χ0v) is 8.80. The molecule has 0 heterocycles. The van der Waals surface area contributed by atoms with Gasteiger partial charge in [0, 0.05) is 6.07 Å². The Labute approximate surface area is 94.1 Å². The number of hydrogen-bond donors (Lipinski definition) is 0. The summed E-state index contributed by atoms with van der Waals surface area (Å²) in [5.74, 6) is -2.95. The smallest absolute Gasteiger partial charge is 0.395 e. The van der Waals surface area contributed by atoms with Crippen LogP contribution in [0.3, 0.4) is 0 Å². The Morgan fingerprint density at radius 2 is 1.94 bits per heavy atom. The van der Waals surface area contributed by atoms with E-state index in [-0.39, 0.29) is 4.47 Å². The summed E-state index contributed by atoms with van der Waals surface area (Å²) in [6, 6.07) is 1.62. The molecule has 0 aliphatic carbocycles. The number of nitro benzene ring substituents is 1.